The highest BCUT2D eigenvalue weighted by atomic mass is 32.2. The standard InChI is InChI=1S/C22H27NO6S/c1-14(2)21(22(24)29-13-17-11-15(3)5-6-16(17)4)23-30(25,26)18-7-8-19-20(12-18)28-10-9-27-19/h5-8,11-12,14,21,23H,9-10,13H2,1-4H3/t21-/m0/s1. The number of esters is 1. The smallest absolute Gasteiger partial charge is 0.324 e. The molecule has 1 atom stereocenters. The van der Waals surface area contributed by atoms with Gasteiger partial charge < -0.3 is 14.2 Å². The first-order valence-corrected chi connectivity index (χ1v) is 11.3. The zero-order valence-electron chi connectivity index (χ0n) is 17.6. The van der Waals surface area contributed by atoms with Crippen LogP contribution in [0.4, 0.5) is 0 Å². The van der Waals surface area contributed by atoms with Crippen molar-refractivity contribution in [3.05, 3.63) is 53.1 Å². The highest BCUT2D eigenvalue weighted by molar-refractivity contribution is 7.89. The quantitative estimate of drug-likeness (QED) is 0.675. The van der Waals surface area contributed by atoms with Gasteiger partial charge in [-0.1, -0.05) is 37.6 Å². The molecule has 8 heteroatoms. The van der Waals surface area contributed by atoms with Gasteiger partial charge in [-0.05, 0) is 43.0 Å². The lowest BCUT2D eigenvalue weighted by Crippen LogP contribution is -2.45. The van der Waals surface area contributed by atoms with E-state index in [2.05, 4.69) is 4.72 Å². The average Bonchev–Trinajstić information content (AvgIpc) is 2.72. The third-order valence-corrected chi connectivity index (χ3v) is 6.34. The largest absolute Gasteiger partial charge is 0.486 e. The fourth-order valence-corrected chi connectivity index (χ4v) is 4.42. The molecule has 0 fully saturated rings. The molecule has 1 aliphatic heterocycles. The molecule has 0 saturated heterocycles. The molecule has 0 unspecified atom stereocenters. The molecule has 0 spiro atoms. The highest BCUT2D eigenvalue weighted by Crippen LogP contribution is 2.32. The van der Waals surface area contributed by atoms with Gasteiger partial charge in [0.1, 0.15) is 25.9 Å². The summed E-state index contributed by atoms with van der Waals surface area (Å²) in [4.78, 5) is 12.7. The van der Waals surface area contributed by atoms with E-state index < -0.39 is 22.0 Å². The lowest BCUT2D eigenvalue weighted by molar-refractivity contribution is -0.148. The Labute approximate surface area is 177 Å². The monoisotopic (exact) mass is 433 g/mol. The highest BCUT2D eigenvalue weighted by Gasteiger charge is 2.30. The predicted octanol–water partition coefficient (Wildman–Crippen LogP) is 3.12. The summed E-state index contributed by atoms with van der Waals surface area (Å²) in [6.45, 7) is 8.27. The number of benzene rings is 2. The van der Waals surface area contributed by atoms with Gasteiger partial charge in [-0.3, -0.25) is 4.79 Å². The van der Waals surface area contributed by atoms with Crippen LogP contribution in [0.1, 0.15) is 30.5 Å². The van der Waals surface area contributed by atoms with Crippen molar-refractivity contribution in [3.8, 4) is 11.5 Å². The molecule has 0 amide bonds. The number of fused-ring (bicyclic) bond motifs is 1. The average molecular weight is 434 g/mol. The molecule has 162 valence electrons. The molecule has 30 heavy (non-hydrogen) atoms. The van der Waals surface area contributed by atoms with Crippen molar-refractivity contribution in [2.45, 2.75) is 45.2 Å². The molecule has 0 bridgehead atoms. The van der Waals surface area contributed by atoms with Crippen LogP contribution in [-0.2, 0) is 26.2 Å². The number of sulfonamides is 1. The lowest BCUT2D eigenvalue weighted by Gasteiger charge is -2.22. The van der Waals surface area contributed by atoms with E-state index in [1.54, 1.807) is 19.9 Å². The maximum absolute atomic E-state index is 12.9. The van der Waals surface area contributed by atoms with Crippen LogP contribution in [0.3, 0.4) is 0 Å². The van der Waals surface area contributed by atoms with Gasteiger partial charge in [-0.2, -0.15) is 4.72 Å². The predicted molar refractivity (Wildman–Crippen MR) is 112 cm³/mol. The Bertz CT molecular complexity index is 1030. The Morgan fingerprint density at radius 3 is 2.47 bits per heavy atom. The van der Waals surface area contributed by atoms with Crippen molar-refractivity contribution in [2.24, 2.45) is 5.92 Å². The van der Waals surface area contributed by atoms with Crippen LogP contribution in [0.5, 0.6) is 11.5 Å². The fraction of sp³-hybridized carbons (Fsp3) is 0.409. The maximum Gasteiger partial charge on any atom is 0.324 e. The van der Waals surface area contributed by atoms with Crippen LogP contribution >= 0.6 is 0 Å². The first kappa shape index (κ1) is 22.1. The molecular weight excluding hydrogens is 406 g/mol. The number of carbonyl (C=O) groups excluding carboxylic acids is 1. The Kier molecular flexibility index (Phi) is 6.67. The third-order valence-electron chi connectivity index (χ3n) is 4.90. The van der Waals surface area contributed by atoms with E-state index in [0.29, 0.717) is 24.7 Å². The molecular formula is C22H27NO6S. The minimum Gasteiger partial charge on any atom is -0.486 e. The van der Waals surface area contributed by atoms with Crippen LogP contribution in [-0.4, -0.2) is 33.6 Å². The van der Waals surface area contributed by atoms with Crippen molar-refractivity contribution in [3.63, 3.8) is 0 Å². The summed E-state index contributed by atoms with van der Waals surface area (Å²) >= 11 is 0. The lowest BCUT2D eigenvalue weighted by atomic mass is 10.1. The Balaban J connectivity index is 1.74. The van der Waals surface area contributed by atoms with Crippen LogP contribution in [0, 0.1) is 19.8 Å². The number of carbonyl (C=O) groups is 1. The first-order chi connectivity index (χ1) is 14.2. The molecule has 1 N–H and O–H groups in total. The second-order valence-electron chi connectivity index (χ2n) is 7.69. The van der Waals surface area contributed by atoms with E-state index in [9.17, 15) is 13.2 Å². The van der Waals surface area contributed by atoms with Gasteiger partial charge in [0.05, 0.1) is 4.90 Å². The summed E-state index contributed by atoms with van der Waals surface area (Å²) in [6.07, 6.45) is 0. The number of hydrogen-bond acceptors (Lipinski definition) is 6. The number of hydrogen-bond donors (Lipinski definition) is 1. The minimum atomic E-state index is -3.97. The number of aryl methyl sites for hydroxylation is 2. The van der Waals surface area contributed by atoms with Crippen molar-refractivity contribution >= 4 is 16.0 Å². The summed E-state index contributed by atoms with van der Waals surface area (Å²) in [5.41, 5.74) is 2.96. The van der Waals surface area contributed by atoms with Gasteiger partial charge in [-0.25, -0.2) is 8.42 Å². The Morgan fingerprint density at radius 2 is 1.77 bits per heavy atom. The zero-order chi connectivity index (χ0) is 21.9. The Hall–Kier alpha value is -2.58. The first-order valence-electron chi connectivity index (χ1n) is 9.82. The Morgan fingerprint density at radius 1 is 1.07 bits per heavy atom. The van der Waals surface area contributed by atoms with Gasteiger partial charge in [0.25, 0.3) is 0 Å². The van der Waals surface area contributed by atoms with E-state index in [1.165, 1.54) is 12.1 Å². The van der Waals surface area contributed by atoms with E-state index in [1.807, 2.05) is 32.0 Å². The molecule has 0 aliphatic carbocycles. The molecule has 2 aromatic rings. The van der Waals surface area contributed by atoms with Crippen molar-refractivity contribution in [1.29, 1.82) is 0 Å². The molecule has 2 aromatic carbocycles. The van der Waals surface area contributed by atoms with Crippen LogP contribution in [0.25, 0.3) is 0 Å². The van der Waals surface area contributed by atoms with Gasteiger partial charge in [-0.15, -0.1) is 0 Å². The fourth-order valence-electron chi connectivity index (χ4n) is 3.08. The molecule has 3 rings (SSSR count). The van der Waals surface area contributed by atoms with E-state index >= 15 is 0 Å². The van der Waals surface area contributed by atoms with Gasteiger partial charge in [0.2, 0.25) is 10.0 Å². The van der Waals surface area contributed by atoms with Crippen molar-refractivity contribution in [1.82, 2.24) is 4.72 Å². The van der Waals surface area contributed by atoms with Gasteiger partial charge in [0, 0.05) is 6.07 Å². The summed E-state index contributed by atoms with van der Waals surface area (Å²) in [7, 11) is -3.97. The molecule has 7 nitrogen and oxygen atoms in total. The van der Waals surface area contributed by atoms with E-state index in [0.717, 1.165) is 16.7 Å². The normalized spacial score (nSPS) is 14.4. The summed E-state index contributed by atoms with van der Waals surface area (Å²) < 4.78 is 44.6. The molecule has 0 aromatic heterocycles. The van der Waals surface area contributed by atoms with Crippen molar-refractivity contribution in [2.75, 3.05) is 13.2 Å². The summed E-state index contributed by atoms with van der Waals surface area (Å²) in [6, 6.07) is 9.25. The summed E-state index contributed by atoms with van der Waals surface area (Å²) in [5.74, 6) is -0.0635. The number of ether oxygens (including phenoxy) is 3. The summed E-state index contributed by atoms with van der Waals surface area (Å²) in [5, 5.41) is 0. The van der Waals surface area contributed by atoms with E-state index in [4.69, 9.17) is 14.2 Å². The SMILES string of the molecule is Cc1ccc(C)c(COC(=O)[C@@H](NS(=O)(=O)c2ccc3c(c2)OCCO3)C(C)C)c1. The second-order valence-corrected chi connectivity index (χ2v) is 9.40. The van der Waals surface area contributed by atoms with E-state index in [-0.39, 0.29) is 17.4 Å². The second kappa shape index (κ2) is 9.06. The number of nitrogens with one attached hydrogen (secondary N) is 1. The van der Waals surface area contributed by atoms with Crippen LogP contribution in [0.2, 0.25) is 0 Å². The van der Waals surface area contributed by atoms with Gasteiger partial charge >= 0.3 is 5.97 Å². The topological polar surface area (TPSA) is 90.9 Å². The molecule has 0 radical (unpaired) electrons. The van der Waals surface area contributed by atoms with Crippen molar-refractivity contribution < 1.29 is 27.4 Å². The minimum absolute atomic E-state index is 0.000251. The number of rotatable bonds is 7. The maximum atomic E-state index is 12.9. The zero-order valence-corrected chi connectivity index (χ0v) is 18.4. The van der Waals surface area contributed by atoms with Gasteiger partial charge in [0.15, 0.2) is 11.5 Å². The molecule has 0 saturated carbocycles. The molecule has 1 aliphatic rings. The van der Waals surface area contributed by atoms with Crippen LogP contribution < -0.4 is 14.2 Å². The third kappa shape index (κ3) is 5.12. The van der Waals surface area contributed by atoms with Crippen LogP contribution in [0.15, 0.2) is 41.3 Å². The molecule has 1 heterocycles.